The molecule has 144 valence electrons. The van der Waals surface area contributed by atoms with Crippen molar-refractivity contribution in [3.8, 4) is 11.6 Å². The van der Waals surface area contributed by atoms with Crippen LogP contribution in [0.2, 0.25) is 0 Å². The molecule has 0 N–H and O–H groups in total. The van der Waals surface area contributed by atoms with E-state index in [9.17, 15) is 4.79 Å². The van der Waals surface area contributed by atoms with Gasteiger partial charge in [0, 0.05) is 24.4 Å². The Morgan fingerprint density at radius 1 is 1.07 bits per heavy atom. The molecule has 0 bridgehead atoms. The first-order chi connectivity index (χ1) is 13.7. The predicted molar refractivity (Wildman–Crippen MR) is 106 cm³/mol. The Bertz CT molecular complexity index is 1000. The first-order valence-electron chi connectivity index (χ1n) is 9.16. The number of ether oxygens (including phenoxy) is 3. The van der Waals surface area contributed by atoms with Crippen LogP contribution < -0.4 is 9.47 Å². The third kappa shape index (κ3) is 3.64. The van der Waals surface area contributed by atoms with Crippen molar-refractivity contribution in [3.63, 3.8) is 0 Å². The Labute approximate surface area is 163 Å². The van der Waals surface area contributed by atoms with Gasteiger partial charge in [-0.25, -0.2) is 4.98 Å². The summed E-state index contributed by atoms with van der Waals surface area (Å²) < 4.78 is 16.4. The first kappa shape index (κ1) is 18.3. The molecule has 0 aliphatic carbocycles. The molecule has 2 heterocycles. The smallest absolute Gasteiger partial charge is 0.254 e. The van der Waals surface area contributed by atoms with E-state index in [-0.39, 0.29) is 12.0 Å². The van der Waals surface area contributed by atoms with Gasteiger partial charge in [-0.15, -0.1) is 0 Å². The van der Waals surface area contributed by atoms with Crippen molar-refractivity contribution >= 4 is 16.7 Å². The van der Waals surface area contributed by atoms with Gasteiger partial charge in [0.05, 0.1) is 27.4 Å². The summed E-state index contributed by atoms with van der Waals surface area (Å²) in [6, 6.07) is 15.6. The SMILES string of the molecule is COc1ccc2cc([C@H]3CN(C(=O)c4ccnc(OC)c4)CCO3)ccc2c1. The highest BCUT2D eigenvalue weighted by atomic mass is 16.5. The van der Waals surface area contributed by atoms with E-state index in [1.807, 2.05) is 23.1 Å². The van der Waals surface area contributed by atoms with Crippen molar-refractivity contribution in [3.05, 3.63) is 65.9 Å². The van der Waals surface area contributed by atoms with E-state index in [1.165, 1.54) is 7.11 Å². The number of pyridine rings is 1. The van der Waals surface area contributed by atoms with Gasteiger partial charge in [-0.1, -0.05) is 18.2 Å². The summed E-state index contributed by atoms with van der Waals surface area (Å²) in [6.45, 7) is 1.56. The molecule has 1 fully saturated rings. The van der Waals surface area contributed by atoms with E-state index in [0.717, 1.165) is 22.1 Å². The number of hydrogen-bond acceptors (Lipinski definition) is 5. The lowest BCUT2D eigenvalue weighted by atomic mass is 10.0. The van der Waals surface area contributed by atoms with Crippen LogP contribution in [0.15, 0.2) is 54.7 Å². The standard InChI is InChI=1S/C22H22N2O4/c1-26-19-6-5-15-11-17(4-3-16(15)12-19)20-14-24(9-10-28-20)22(25)18-7-8-23-21(13-18)27-2/h3-8,11-13,20H,9-10,14H2,1-2H3/t20-/m1/s1. The molecule has 1 atom stereocenters. The van der Waals surface area contributed by atoms with Gasteiger partial charge in [-0.05, 0) is 40.6 Å². The maximum absolute atomic E-state index is 12.9. The number of methoxy groups -OCH3 is 2. The van der Waals surface area contributed by atoms with Crippen LogP contribution in [0.3, 0.4) is 0 Å². The maximum atomic E-state index is 12.9. The molecule has 4 rings (SSSR count). The molecule has 2 aromatic carbocycles. The zero-order chi connectivity index (χ0) is 19.5. The second-order valence-corrected chi connectivity index (χ2v) is 6.67. The number of nitrogens with zero attached hydrogens (tertiary/aromatic N) is 2. The fraction of sp³-hybridized carbons (Fsp3) is 0.273. The second-order valence-electron chi connectivity index (χ2n) is 6.67. The van der Waals surface area contributed by atoms with Gasteiger partial charge < -0.3 is 19.1 Å². The number of carbonyl (C=O) groups excluding carboxylic acids is 1. The lowest BCUT2D eigenvalue weighted by molar-refractivity contribution is -0.0227. The number of benzene rings is 2. The number of aromatic nitrogens is 1. The minimum atomic E-state index is -0.159. The van der Waals surface area contributed by atoms with Gasteiger partial charge in [-0.2, -0.15) is 0 Å². The fourth-order valence-corrected chi connectivity index (χ4v) is 3.44. The Kier molecular flexibility index (Phi) is 5.12. The highest BCUT2D eigenvalue weighted by molar-refractivity contribution is 5.94. The van der Waals surface area contributed by atoms with Crippen molar-refractivity contribution in [2.75, 3.05) is 33.9 Å². The van der Waals surface area contributed by atoms with Crippen molar-refractivity contribution in [1.82, 2.24) is 9.88 Å². The van der Waals surface area contributed by atoms with Crippen molar-refractivity contribution in [2.24, 2.45) is 0 Å². The van der Waals surface area contributed by atoms with E-state index in [1.54, 1.807) is 25.4 Å². The van der Waals surface area contributed by atoms with Gasteiger partial charge in [0.15, 0.2) is 0 Å². The lowest BCUT2D eigenvalue weighted by Gasteiger charge is -2.33. The van der Waals surface area contributed by atoms with Crippen LogP contribution >= 0.6 is 0 Å². The summed E-state index contributed by atoms with van der Waals surface area (Å²) >= 11 is 0. The van der Waals surface area contributed by atoms with Crippen molar-refractivity contribution < 1.29 is 19.0 Å². The van der Waals surface area contributed by atoms with Crippen molar-refractivity contribution in [1.29, 1.82) is 0 Å². The average Bonchev–Trinajstić information content (AvgIpc) is 2.78. The van der Waals surface area contributed by atoms with Crippen LogP contribution in [0, 0.1) is 0 Å². The van der Waals surface area contributed by atoms with E-state index < -0.39 is 0 Å². The molecule has 1 aliphatic heterocycles. The molecule has 0 unspecified atom stereocenters. The summed E-state index contributed by atoms with van der Waals surface area (Å²) in [6.07, 6.45) is 1.43. The van der Waals surface area contributed by atoms with E-state index in [4.69, 9.17) is 14.2 Å². The number of morpholine rings is 1. The van der Waals surface area contributed by atoms with Crippen LogP contribution in [-0.4, -0.2) is 49.7 Å². The summed E-state index contributed by atoms with van der Waals surface area (Å²) in [4.78, 5) is 18.8. The van der Waals surface area contributed by atoms with Crippen LogP contribution in [0.5, 0.6) is 11.6 Å². The molecule has 0 spiro atoms. The van der Waals surface area contributed by atoms with Gasteiger partial charge in [0.1, 0.15) is 11.9 Å². The van der Waals surface area contributed by atoms with E-state index in [0.29, 0.717) is 31.1 Å². The van der Waals surface area contributed by atoms with E-state index >= 15 is 0 Å². The first-order valence-corrected chi connectivity index (χ1v) is 9.16. The predicted octanol–water partition coefficient (Wildman–Crippen LogP) is 3.47. The maximum Gasteiger partial charge on any atom is 0.254 e. The van der Waals surface area contributed by atoms with Gasteiger partial charge >= 0.3 is 0 Å². The van der Waals surface area contributed by atoms with Gasteiger partial charge in [-0.3, -0.25) is 4.79 Å². The highest BCUT2D eigenvalue weighted by Gasteiger charge is 2.26. The number of rotatable bonds is 4. The van der Waals surface area contributed by atoms with Gasteiger partial charge in [0.2, 0.25) is 5.88 Å². The quantitative estimate of drug-likeness (QED) is 0.696. The Morgan fingerprint density at radius 3 is 2.71 bits per heavy atom. The molecule has 1 saturated heterocycles. The van der Waals surface area contributed by atoms with Gasteiger partial charge in [0.25, 0.3) is 5.91 Å². The Balaban J connectivity index is 1.54. The third-order valence-electron chi connectivity index (χ3n) is 4.99. The number of amides is 1. The Morgan fingerprint density at radius 2 is 1.89 bits per heavy atom. The van der Waals surface area contributed by atoms with Crippen molar-refractivity contribution in [2.45, 2.75) is 6.10 Å². The topological polar surface area (TPSA) is 60.9 Å². The van der Waals surface area contributed by atoms with Crippen LogP contribution in [0.4, 0.5) is 0 Å². The number of hydrogen-bond donors (Lipinski definition) is 0. The molecular weight excluding hydrogens is 356 g/mol. The summed E-state index contributed by atoms with van der Waals surface area (Å²) in [5, 5.41) is 2.22. The molecule has 3 aromatic rings. The molecule has 28 heavy (non-hydrogen) atoms. The fourth-order valence-electron chi connectivity index (χ4n) is 3.44. The minimum Gasteiger partial charge on any atom is -0.497 e. The second kappa shape index (κ2) is 7.86. The molecule has 0 saturated carbocycles. The highest BCUT2D eigenvalue weighted by Crippen LogP contribution is 2.28. The molecule has 6 heteroatoms. The van der Waals surface area contributed by atoms with E-state index in [2.05, 4.69) is 23.2 Å². The summed E-state index contributed by atoms with van der Waals surface area (Å²) in [5.41, 5.74) is 1.63. The largest absolute Gasteiger partial charge is 0.497 e. The summed E-state index contributed by atoms with van der Waals surface area (Å²) in [5.74, 6) is 1.22. The molecule has 1 aromatic heterocycles. The number of fused-ring (bicyclic) bond motifs is 1. The molecule has 6 nitrogen and oxygen atoms in total. The zero-order valence-electron chi connectivity index (χ0n) is 15.9. The Hall–Kier alpha value is -3.12. The van der Waals surface area contributed by atoms with Crippen LogP contribution in [-0.2, 0) is 4.74 Å². The average molecular weight is 378 g/mol. The number of carbonyl (C=O) groups is 1. The normalized spacial score (nSPS) is 16.8. The molecule has 0 radical (unpaired) electrons. The molecule has 1 aliphatic rings. The zero-order valence-corrected chi connectivity index (χ0v) is 15.9. The molecule has 1 amide bonds. The van der Waals surface area contributed by atoms with Crippen LogP contribution in [0.25, 0.3) is 10.8 Å². The third-order valence-corrected chi connectivity index (χ3v) is 4.99. The minimum absolute atomic E-state index is 0.0421. The molecular formula is C22H22N2O4. The summed E-state index contributed by atoms with van der Waals surface area (Å²) in [7, 11) is 3.20. The monoisotopic (exact) mass is 378 g/mol. The lowest BCUT2D eigenvalue weighted by Crippen LogP contribution is -2.42. The van der Waals surface area contributed by atoms with Crippen LogP contribution in [0.1, 0.15) is 22.0 Å².